The molecule has 1 heterocycles. The Labute approximate surface area is 109 Å². The topological polar surface area (TPSA) is 66.8 Å². The van der Waals surface area contributed by atoms with E-state index in [0.29, 0.717) is 25.9 Å². The van der Waals surface area contributed by atoms with Gasteiger partial charge in [0.1, 0.15) is 0 Å². The highest BCUT2D eigenvalue weighted by Gasteiger charge is 2.44. The first kappa shape index (κ1) is 15.4. The van der Waals surface area contributed by atoms with E-state index in [1.54, 1.807) is 0 Å². The molecule has 0 aromatic carbocycles. The highest BCUT2D eigenvalue weighted by atomic mass is 16.5. The fourth-order valence-corrected chi connectivity index (χ4v) is 2.81. The van der Waals surface area contributed by atoms with Crippen molar-refractivity contribution >= 4 is 5.97 Å². The molecule has 0 saturated carbocycles. The summed E-state index contributed by atoms with van der Waals surface area (Å²) >= 11 is 0. The number of aliphatic carboxylic acids is 1. The van der Waals surface area contributed by atoms with Crippen molar-refractivity contribution in [3.63, 3.8) is 0 Å². The Hall–Kier alpha value is -0.610. The van der Waals surface area contributed by atoms with Crippen LogP contribution in [-0.4, -0.2) is 34.5 Å². The maximum Gasteiger partial charge on any atom is 0.309 e. The second-order valence-corrected chi connectivity index (χ2v) is 5.37. The van der Waals surface area contributed by atoms with E-state index in [1.165, 1.54) is 0 Å². The van der Waals surface area contributed by atoms with Crippen molar-refractivity contribution in [2.24, 2.45) is 5.92 Å². The van der Waals surface area contributed by atoms with Gasteiger partial charge in [-0.25, -0.2) is 0 Å². The summed E-state index contributed by atoms with van der Waals surface area (Å²) < 4.78 is 5.60. The van der Waals surface area contributed by atoms with Crippen molar-refractivity contribution in [2.45, 2.75) is 70.5 Å². The molecule has 106 valence electrons. The highest BCUT2D eigenvalue weighted by Crippen LogP contribution is 2.36. The smallest absolute Gasteiger partial charge is 0.309 e. The lowest BCUT2D eigenvalue weighted by atomic mass is 9.76. The average molecular weight is 258 g/mol. The van der Waals surface area contributed by atoms with Crippen molar-refractivity contribution in [1.29, 1.82) is 0 Å². The van der Waals surface area contributed by atoms with Crippen LogP contribution in [0.25, 0.3) is 0 Å². The van der Waals surface area contributed by atoms with Gasteiger partial charge in [0.05, 0.1) is 17.6 Å². The van der Waals surface area contributed by atoms with Crippen molar-refractivity contribution in [3.8, 4) is 0 Å². The van der Waals surface area contributed by atoms with Crippen LogP contribution in [0.5, 0.6) is 0 Å². The number of aliphatic hydroxyl groups is 1. The SMILES string of the molecule is CCCCC(C(=O)O)C1(O)CCOC(CCC)C1. The minimum absolute atomic E-state index is 0.0113. The minimum Gasteiger partial charge on any atom is -0.481 e. The van der Waals surface area contributed by atoms with Crippen molar-refractivity contribution < 1.29 is 19.7 Å². The first-order chi connectivity index (χ1) is 8.53. The molecule has 0 aromatic rings. The van der Waals surface area contributed by atoms with Crippen molar-refractivity contribution in [3.05, 3.63) is 0 Å². The predicted octanol–water partition coefficient (Wildman–Crippen LogP) is 2.59. The average Bonchev–Trinajstić information content (AvgIpc) is 2.29. The fraction of sp³-hybridized carbons (Fsp3) is 0.929. The monoisotopic (exact) mass is 258 g/mol. The van der Waals surface area contributed by atoms with E-state index >= 15 is 0 Å². The molecule has 0 amide bonds. The van der Waals surface area contributed by atoms with Gasteiger partial charge in [0.25, 0.3) is 0 Å². The van der Waals surface area contributed by atoms with E-state index in [9.17, 15) is 15.0 Å². The maximum absolute atomic E-state index is 11.4. The Morgan fingerprint density at radius 3 is 2.72 bits per heavy atom. The molecule has 2 N–H and O–H groups in total. The zero-order valence-electron chi connectivity index (χ0n) is 11.5. The Morgan fingerprint density at radius 2 is 2.17 bits per heavy atom. The number of hydrogen-bond donors (Lipinski definition) is 2. The summed E-state index contributed by atoms with van der Waals surface area (Å²) in [5.74, 6) is -1.52. The van der Waals surface area contributed by atoms with Gasteiger partial charge in [0.2, 0.25) is 0 Å². The molecule has 18 heavy (non-hydrogen) atoms. The molecule has 4 heteroatoms. The number of carbonyl (C=O) groups is 1. The molecule has 0 radical (unpaired) electrons. The third-order valence-electron chi connectivity index (χ3n) is 3.87. The maximum atomic E-state index is 11.4. The van der Waals surface area contributed by atoms with E-state index in [2.05, 4.69) is 6.92 Å². The molecule has 4 nitrogen and oxygen atoms in total. The largest absolute Gasteiger partial charge is 0.481 e. The molecule has 1 saturated heterocycles. The van der Waals surface area contributed by atoms with E-state index in [4.69, 9.17) is 4.74 Å². The van der Waals surface area contributed by atoms with Crippen LogP contribution < -0.4 is 0 Å². The van der Waals surface area contributed by atoms with Gasteiger partial charge in [-0.3, -0.25) is 4.79 Å². The molecule has 1 aliphatic heterocycles. The molecular weight excluding hydrogens is 232 g/mol. The number of carboxylic acid groups (broad SMARTS) is 1. The van der Waals surface area contributed by atoms with Crippen LogP contribution in [0.15, 0.2) is 0 Å². The van der Waals surface area contributed by atoms with E-state index in [-0.39, 0.29) is 6.10 Å². The number of ether oxygens (including phenoxy) is 1. The van der Waals surface area contributed by atoms with Gasteiger partial charge in [0.15, 0.2) is 0 Å². The van der Waals surface area contributed by atoms with Crippen LogP contribution in [0, 0.1) is 5.92 Å². The normalized spacial score (nSPS) is 30.1. The number of unbranched alkanes of at least 4 members (excludes halogenated alkanes) is 1. The summed E-state index contributed by atoms with van der Waals surface area (Å²) in [5, 5.41) is 20.0. The third kappa shape index (κ3) is 3.95. The molecule has 0 spiro atoms. The van der Waals surface area contributed by atoms with Crippen LogP contribution in [-0.2, 0) is 9.53 Å². The minimum atomic E-state index is -1.08. The summed E-state index contributed by atoms with van der Waals surface area (Å²) in [6.45, 7) is 4.58. The molecule has 1 rings (SSSR count). The van der Waals surface area contributed by atoms with Gasteiger partial charge < -0.3 is 14.9 Å². The lowest BCUT2D eigenvalue weighted by molar-refractivity contribution is -0.168. The zero-order valence-corrected chi connectivity index (χ0v) is 11.5. The Morgan fingerprint density at radius 1 is 1.44 bits per heavy atom. The highest BCUT2D eigenvalue weighted by molar-refractivity contribution is 5.71. The van der Waals surface area contributed by atoms with E-state index in [1.807, 2.05) is 6.92 Å². The lowest BCUT2D eigenvalue weighted by Gasteiger charge is -2.40. The fourth-order valence-electron chi connectivity index (χ4n) is 2.81. The summed E-state index contributed by atoms with van der Waals surface area (Å²) in [6, 6.07) is 0. The van der Waals surface area contributed by atoms with Crippen LogP contribution in [0.3, 0.4) is 0 Å². The first-order valence-corrected chi connectivity index (χ1v) is 7.10. The summed E-state index contributed by atoms with van der Waals surface area (Å²) in [6.07, 6.45) is 5.15. The van der Waals surface area contributed by atoms with Gasteiger partial charge >= 0.3 is 5.97 Å². The Balaban J connectivity index is 2.70. The van der Waals surface area contributed by atoms with Crippen LogP contribution in [0.4, 0.5) is 0 Å². The van der Waals surface area contributed by atoms with Crippen LogP contribution in [0.2, 0.25) is 0 Å². The number of rotatable bonds is 7. The lowest BCUT2D eigenvalue weighted by Crippen LogP contribution is -2.49. The Kier molecular flexibility index (Phi) is 6.09. The molecule has 3 unspecified atom stereocenters. The summed E-state index contributed by atoms with van der Waals surface area (Å²) in [4.78, 5) is 11.4. The molecule has 1 fully saturated rings. The third-order valence-corrected chi connectivity index (χ3v) is 3.87. The number of carboxylic acids is 1. The van der Waals surface area contributed by atoms with E-state index in [0.717, 1.165) is 25.7 Å². The van der Waals surface area contributed by atoms with Gasteiger partial charge in [-0.05, 0) is 12.8 Å². The van der Waals surface area contributed by atoms with Gasteiger partial charge in [-0.2, -0.15) is 0 Å². The predicted molar refractivity (Wildman–Crippen MR) is 69.5 cm³/mol. The van der Waals surface area contributed by atoms with Crippen LogP contribution in [0.1, 0.15) is 58.8 Å². The van der Waals surface area contributed by atoms with Crippen LogP contribution >= 0.6 is 0 Å². The Bertz CT molecular complexity index is 265. The summed E-state index contributed by atoms with van der Waals surface area (Å²) in [7, 11) is 0. The molecule has 0 aliphatic carbocycles. The second kappa shape index (κ2) is 7.10. The van der Waals surface area contributed by atoms with Crippen molar-refractivity contribution in [2.75, 3.05) is 6.61 Å². The van der Waals surface area contributed by atoms with Crippen molar-refractivity contribution in [1.82, 2.24) is 0 Å². The summed E-state index contributed by atoms with van der Waals surface area (Å²) in [5.41, 5.74) is -1.08. The second-order valence-electron chi connectivity index (χ2n) is 5.37. The molecule has 3 atom stereocenters. The molecule has 0 bridgehead atoms. The first-order valence-electron chi connectivity index (χ1n) is 7.10. The molecule has 0 aromatic heterocycles. The zero-order chi connectivity index (χ0) is 13.6. The standard InChI is InChI=1S/C14H26O4/c1-3-5-7-12(13(15)16)14(17)8-9-18-11(10-14)6-4-2/h11-12,17H,3-10H2,1-2H3,(H,15,16). The number of hydrogen-bond acceptors (Lipinski definition) is 3. The quantitative estimate of drug-likeness (QED) is 0.736. The molecular formula is C14H26O4. The van der Waals surface area contributed by atoms with E-state index < -0.39 is 17.5 Å². The molecule has 1 aliphatic rings. The van der Waals surface area contributed by atoms with Gasteiger partial charge in [-0.15, -0.1) is 0 Å². The van der Waals surface area contributed by atoms with Gasteiger partial charge in [0, 0.05) is 19.4 Å². The van der Waals surface area contributed by atoms with Gasteiger partial charge in [-0.1, -0.05) is 33.1 Å².